The van der Waals surface area contributed by atoms with Crippen LogP contribution in [0.4, 0.5) is 5.69 Å². The topological polar surface area (TPSA) is 77.8 Å². The Kier molecular flexibility index (Phi) is 4.98. The van der Waals surface area contributed by atoms with Crippen molar-refractivity contribution in [3.8, 4) is 5.75 Å². The summed E-state index contributed by atoms with van der Waals surface area (Å²) in [6.45, 7) is 2.09. The smallest absolute Gasteiger partial charge is 0.374 e. The van der Waals surface area contributed by atoms with E-state index in [1.54, 1.807) is 30.3 Å². The van der Waals surface area contributed by atoms with Gasteiger partial charge in [-0.05, 0) is 43.3 Å². The van der Waals surface area contributed by atoms with Gasteiger partial charge in [-0.1, -0.05) is 0 Å². The molecule has 0 aliphatic carbocycles. The van der Waals surface area contributed by atoms with Gasteiger partial charge in [0.2, 0.25) is 5.76 Å². The van der Waals surface area contributed by atoms with E-state index in [9.17, 15) is 9.59 Å². The fraction of sp³-hybridized carbons (Fsp3) is 0.200. The van der Waals surface area contributed by atoms with Crippen molar-refractivity contribution in [3.63, 3.8) is 0 Å². The lowest BCUT2D eigenvalue weighted by atomic mass is 10.3. The molecule has 1 amide bonds. The Morgan fingerprint density at radius 2 is 1.95 bits per heavy atom. The molecule has 0 fully saturated rings. The molecule has 1 aromatic carbocycles. The molecular formula is C15H15NO5. The Balaban J connectivity index is 1.80. The number of benzene rings is 1. The van der Waals surface area contributed by atoms with Crippen molar-refractivity contribution < 1.29 is 23.5 Å². The van der Waals surface area contributed by atoms with Crippen molar-refractivity contribution in [3.05, 3.63) is 48.4 Å². The number of esters is 1. The molecule has 110 valence electrons. The molecule has 21 heavy (non-hydrogen) atoms. The minimum Gasteiger partial charge on any atom is -0.494 e. The van der Waals surface area contributed by atoms with Crippen molar-refractivity contribution in [1.29, 1.82) is 0 Å². The molecule has 0 bridgehead atoms. The van der Waals surface area contributed by atoms with Gasteiger partial charge in [-0.2, -0.15) is 0 Å². The maximum Gasteiger partial charge on any atom is 0.374 e. The second-order valence-electron chi connectivity index (χ2n) is 4.06. The molecule has 0 saturated heterocycles. The molecule has 1 N–H and O–H groups in total. The number of rotatable bonds is 6. The number of amides is 1. The summed E-state index contributed by atoms with van der Waals surface area (Å²) in [7, 11) is 0. The van der Waals surface area contributed by atoms with E-state index in [1.807, 2.05) is 6.92 Å². The number of carbonyl (C=O) groups excluding carboxylic acids is 2. The number of hydrogen-bond acceptors (Lipinski definition) is 5. The minimum absolute atomic E-state index is 0.0591. The van der Waals surface area contributed by atoms with Crippen LogP contribution in [0.1, 0.15) is 17.5 Å². The molecule has 2 aromatic rings. The van der Waals surface area contributed by atoms with Gasteiger partial charge in [0.05, 0.1) is 12.9 Å². The Morgan fingerprint density at radius 1 is 1.19 bits per heavy atom. The van der Waals surface area contributed by atoms with E-state index in [1.165, 1.54) is 12.3 Å². The molecule has 1 aromatic heterocycles. The number of hydrogen-bond donors (Lipinski definition) is 1. The van der Waals surface area contributed by atoms with E-state index in [2.05, 4.69) is 5.32 Å². The van der Waals surface area contributed by atoms with Crippen LogP contribution in [0.2, 0.25) is 0 Å². The van der Waals surface area contributed by atoms with Crippen LogP contribution in [0.5, 0.6) is 5.75 Å². The fourth-order valence-electron chi connectivity index (χ4n) is 1.60. The lowest BCUT2D eigenvalue weighted by molar-refractivity contribution is -0.119. The lowest BCUT2D eigenvalue weighted by Crippen LogP contribution is -2.20. The van der Waals surface area contributed by atoms with Crippen molar-refractivity contribution in [2.45, 2.75) is 6.92 Å². The van der Waals surface area contributed by atoms with Crippen LogP contribution in [-0.4, -0.2) is 25.1 Å². The number of anilines is 1. The van der Waals surface area contributed by atoms with Gasteiger partial charge in [-0.15, -0.1) is 0 Å². The molecule has 0 aliphatic rings. The number of furan rings is 1. The minimum atomic E-state index is -0.679. The zero-order chi connectivity index (χ0) is 15.1. The third-order valence-corrected chi connectivity index (χ3v) is 2.51. The first kappa shape index (κ1) is 14.6. The zero-order valence-corrected chi connectivity index (χ0v) is 11.5. The van der Waals surface area contributed by atoms with Gasteiger partial charge in [0.25, 0.3) is 5.91 Å². The summed E-state index contributed by atoms with van der Waals surface area (Å²) in [6.07, 6.45) is 1.36. The Bertz CT molecular complexity index is 589. The van der Waals surface area contributed by atoms with E-state index in [4.69, 9.17) is 13.9 Å². The normalized spacial score (nSPS) is 9.95. The quantitative estimate of drug-likeness (QED) is 0.826. The average Bonchev–Trinajstić information content (AvgIpc) is 3.01. The summed E-state index contributed by atoms with van der Waals surface area (Å²) >= 11 is 0. The largest absolute Gasteiger partial charge is 0.494 e. The molecule has 1 heterocycles. The third kappa shape index (κ3) is 4.38. The SMILES string of the molecule is CCOc1ccc(NC(=O)COC(=O)c2ccco2)cc1. The molecule has 0 radical (unpaired) electrons. The first-order valence-electron chi connectivity index (χ1n) is 6.42. The summed E-state index contributed by atoms with van der Waals surface area (Å²) in [5.74, 6) is -0.329. The molecule has 0 spiro atoms. The first-order valence-corrected chi connectivity index (χ1v) is 6.42. The molecule has 6 heteroatoms. The summed E-state index contributed by atoms with van der Waals surface area (Å²) in [6, 6.07) is 9.93. The highest BCUT2D eigenvalue weighted by molar-refractivity contribution is 5.94. The summed E-state index contributed by atoms with van der Waals surface area (Å²) in [5, 5.41) is 2.61. The van der Waals surface area contributed by atoms with Gasteiger partial charge in [0.1, 0.15) is 5.75 Å². The molecule has 6 nitrogen and oxygen atoms in total. The molecule has 0 aliphatic heterocycles. The van der Waals surface area contributed by atoms with E-state index < -0.39 is 11.9 Å². The van der Waals surface area contributed by atoms with Crippen molar-refractivity contribution in [2.75, 3.05) is 18.5 Å². The van der Waals surface area contributed by atoms with Gasteiger partial charge < -0.3 is 19.2 Å². The summed E-state index contributed by atoms with van der Waals surface area (Å²) in [4.78, 5) is 23.1. The van der Waals surface area contributed by atoms with Gasteiger partial charge in [0.15, 0.2) is 6.61 Å². The van der Waals surface area contributed by atoms with Gasteiger partial charge in [0, 0.05) is 5.69 Å². The molecular weight excluding hydrogens is 274 g/mol. The maximum atomic E-state index is 11.6. The second-order valence-corrected chi connectivity index (χ2v) is 4.06. The third-order valence-electron chi connectivity index (χ3n) is 2.51. The predicted molar refractivity (Wildman–Crippen MR) is 75.2 cm³/mol. The van der Waals surface area contributed by atoms with Gasteiger partial charge >= 0.3 is 5.97 Å². The first-order chi connectivity index (χ1) is 10.2. The zero-order valence-electron chi connectivity index (χ0n) is 11.5. The molecule has 0 unspecified atom stereocenters. The Labute approximate surface area is 121 Å². The van der Waals surface area contributed by atoms with Crippen molar-refractivity contribution >= 4 is 17.6 Å². The highest BCUT2D eigenvalue weighted by atomic mass is 16.5. The molecule has 0 atom stereocenters. The number of nitrogens with one attached hydrogen (secondary N) is 1. The second kappa shape index (κ2) is 7.14. The summed E-state index contributed by atoms with van der Waals surface area (Å²) < 4.78 is 15.0. The Hall–Kier alpha value is -2.76. The Morgan fingerprint density at radius 3 is 2.57 bits per heavy atom. The van der Waals surface area contributed by atoms with E-state index in [0.717, 1.165) is 5.75 Å². The van der Waals surface area contributed by atoms with E-state index in [0.29, 0.717) is 12.3 Å². The predicted octanol–water partition coefficient (Wildman–Crippen LogP) is 2.47. The molecule has 0 saturated carbocycles. The van der Waals surface area contributed by atoms with Crippen molar-refractivity contribution in [2.24, 2.45) is 0 Å². The average molecular weight is 289 g/mol. The maximum absolute atomic E-state index is 11.6. The monoisotopic (exact) mass is 289 g/mol. The van der Waals surface area contributed by atoms with Crippen LogP contribution in [0.3, 0.4) is 0 Å². The number of ether oxygens (including phenoxy) is 2. The highest BCUT2D eigenvalue weighted by Gasteiger charge is 2.12. The highest BCUT2D eigenvalue weighted by Crippen LogP contribution is 2.15. The standard InChI is InChI=1S/C15H15NO5/c1-2-19-12-7-5-11(6-8-12)16-14(17)10-21-15(18)13-4-3-9-20-13/h3-9H,2,10H2,1H3,(H,16,17). The van der Waals surface area contributed by atoms with E-state index >= 15 is 0 Å². The van der Waals surface area contributed by atoms with Crippen LogP contribution in [-0.2, 0) is 9.53 Å². The van der Waals surface area contributed by atoms with Crippen LogP contribution in [0.15, 0.2) is 47.1 Å². The van der Waals surface area contributed by atoms with Crippen LogP contribution >= 0.6 is 0 Å². The van der Waals surface area contributed by atoms with Gasteiger partial charge in [-0.25, -0.2) is 4.79 Å². The van der Waals surface area contributed by atoms with Gasteiger partial charge in [-0.3, -0.25) is 4.79 Å². The van der Waals surface area contributed by atoms with Crippen LogP contribution in [0.25, 0.3) is 0 Å². The van der Waals surface area contributed by atoms with Crippen molar-refractivity contribution in [1.82, 2.24) is 0 Å². The number of carbonyl (C=O) groups is 2. The van der Waals surface area contributed by atoms with Crippen LogP contribution in [0, 0.1) is 0 Å². The van der Waals surface area contributed by atoms with E-state index in [-0.39, 0.29) is 12.4 Å². The molecule has 2 rings (SSSR count). The van der Waals surface area contributed by atoms with Crippen LogP contribution < -0.4 is 10.1 Å². The summed E-state index contributed by atoms with van der Waals surface area (Å²) in [5.41, 5.74) is 0.595. The fourth-order valence-corrected chi connectivity index (χ4v) is 1.60. The lowest BCUT2D eigenvalue weighted by Gasteiger charge is -2.07.